The molecule has 0 aliphatic rings. The van der Waals surface area contributed by atoms with Crippen molar-refractivity contribution in [2.75, 3.05) is 5.73 Å². The van der Waals surface area contributed by atoms with Crippen molar-refractivity contribution in [2.45, 2.75) is 0 Å². The molecule has 1 heterocycles. The summed E-state index contributed by atoms with van der Waals surface area (Å²) in [6.07, 6.45) is 1.51. The number of anilines is 1. The van der Waals surface area contributed by atoms with E-state index in [4.69, 9.17) is 11.1 Å². The first-order valence-corrected chi connectivity index (χ1v) is 2.54. The molecule has 4 heteroatoms. The third kappa shape index (κ3) is 0.910. The Bertz CT molecular complexity index is 262. The van der Waals surface area contributed by atoms with Crippen molar-refractivity contribution in [3.05, 3.63) is 17.8 Å². The predicted molar refractivity (Wildman–Crippen MR) is 33.5 cm³/mol. The van der Waals surface area contributed by atoms with Crippen LogP contribution < -0.4 is 11.2 Å². The zero-order valence-corrected chi connectivity index (χ0v) is 5.13. The minimum atomic E-state index is 0.363. The van der Waals surface area contributed by atoms with Gasteiger partial charge in [-0.3, -0.25) is 5.41 Å². The highest BCUT2D eigenvalue weighted by Crippen LogP contribution is 1.83. The van der Waals surface area contributed by atoms with Gasteiger partial charge in [-0.2, -0.15) is 0 Å². The lowest BCUT2D eigenvalue weighted by Crippen LogP contribution is -2.19. The number of hydrogen-bond acceptors (Lipinski definition) is 3. The minimum absolute atomic E-state index is 0.363. The van der Waals surface area contributed by atoms with Crippen molar-refractivity contribution in [1.29, 1.82) is 5.41 Å². The topological polar surface area (TPSA) is 67.7 Å². The summed E-state index contributed by atoms with van der Waals surface area (Å²) in [5.41, 5.74) is 5.72. The molecule has 1 rings (SSSR count). The van der Waals surface area contributed by atoms with E-state index in [0.29, 0.717) is 11.4 Å². The van der Waals surface area contributed by atoms with E-state index in [1.165, 1.54) is 10.8 Å². The van der Waals surface area contributed by atoms with E-state index >= 15 is 0 Å². The highest BCUT2D eigenvalue weighted by Gasteiger charge is 1.87. The van der Waals surface area contributed by atoms with Gasteiger partial charge >= 0.3 is 0 Å². The number of nitrogens with zero attached hydrogens (tertiary/aromatic N) is 2. The number of nitrogens with two attached hydrogens (primary N) is 1. The van der Waals surface area contributed by atoms with E-state index in [-0.39, 0.29) is 0 Å². The second-order valence-electron chi connectivity index (χ2n) is 1.75. The van der Waals surface area contributed by atoms with Crippen LogP contribution in [0, 0.1) is 5.41 Å². The first kappa shape index (κ1) is 5.81. The van der Waals surface area contributed by atoms with Crippen LogP contribution in [0.25, 0.3) is 0 Å². The maximum atomic E-state index is 7.20. The van der Waals surface area contributed by atoms with Crippen LogP contribution in [0.3, 0.4) is 0 Å². The monoisotopic (exact) mass is 124 g/mol. The molecule has 0 aliphatic carbocycles. The van der Waals surface area contributed by atoms with Crippen LogP contribution in [0.2, 0.25) is 0 Å². The van der Waals surface area contributed by atoms with Crippen molar-refractivity contribution in [3.8, 4) is 0 Å². The fraction of sp³-hybridized carbons (Fsp3) is 0.200. The lowest BCUT2D eigenvalue weighted by Gasteiger charge is -1.99. The number of rotatable bonds is 0. The Morgan fingerprint density at radius 1 is 1.78 bits per heavy atom. The average molecular weight is 124 g/mol. The molecule has 9 heavy (non-hydrogen) atoms. The molecule has 1 aromatic rings. The molecular weight excluding hydrogens is 116 g/mol. The summed E-state index contributed by atoms with van der Waals surface area (Å²) in [6.45, 7) is 0. The summed E-state index contributed by atoms with van der Waals surface area (Å²) < 4.78 is 1.50. The normalized spacial score (nSPS) is 9.44. The predicted octanol–water partition coefficient (Wildman–Crippen LogP) is -0.518. The summed E-state index contributed by atoms with van der Waals surface area (Å²) in [5, 5.41) is 7.20. The Morgan fingerprint density at radius 2 is 2.44 bits per heavy atom. The van der Waals surface area contributed by atoms with Crippen LogP contribution in [0.4, 0.5) is 5.95 Å². The highest BCUT2D eigenvalue weighted by molar-refractivity contribution is 5.14. The first-order chi connectivity index (χ1) is 4.22. The van der Waals surface area contributed by atoms with Gasteiger partial charge in [0.2, 0.25) is 5.95 Å². The Morgan fingerprint density at radius 3 is 2.89 bits per heavy atom. The lowest BCUT2D eigenvalue weighted by atomic mass is 10.6. The van der Waals surface area contributed by atoms with Gasteiger partial charge in [0.1, 0.15) is 5.49 Å². The van der Waals surface area contributed by atoms with Crippen LogP contribution in [0.1, 0.15) is 0 Å². The molecule has 1 aromatic heterocycles. The van der Waals surface area contributed by atoms with Gasteiger partial charge in [-0.15, -0.1) is 0 Å². The van der Waals surface area contributed by atoms with E-state index in [0.717, 1.165) is 0 Å². The van der Waals surface area contributed by atoms with Gasteiger partial charge in [-0.25, -0.2) is 4.98 Å². The number of nitrogen functional groups attached to an aromatic ring is 1. The van der Waals surface area contributed by atoms with Gasteiger partial charge in [0, 0.05) is 13.2 Å². The first-order valence-electron chi connectivity index (χ1n) is 2.54. The van der Waals surface area contributed by atoms with Crippen molar-refractivity contribution >= 4 is 5.95 Å². The molecule has 0 aromatic carbocycles. The molecule has 0 bridgehead atoms. The molecule has 48 valence electrons. The Balaban J connectivity index is 3.43. The van der Waals surface area contributed by atoms with Crippen LogP contribution in [-0.2, 0) is 7.05 Å². The van der Waals surface area contributed by atoms with Gasteiger partial charge in [-0.1, -0.05) is 0 Å². The molecule has 0 aliphatic heterocycles. The molecule has 0 saturated carbocycles. The largest absolute Gasteiger partial charge is 0.369 e. The molecule has 0 atom stereocenters. The van der Waals surface area contributed by atoms with Crippen LogP contribution in [0.5, 0.6) is 0 Å². The standard InChI is InChI=1S/C5H8N4/c1-9-4(6)2-3-8-5(9)7/h2-3,6H,1H3,(H2,7,8). The molecular formula is C5H8N4. The van der Waals surface area contributed by atoms with Gasteiger partial charge < -0.3 is 10.3 Å². The Labute approximate surface area is 52.5 Å². The quantitative estimate of drug-likeness (QED) is 0.488. The molecule has 3 N–H and O–H groups in total. The van der Waals surface area contributed by atoms with E-state index in [2.05, 4.69) is 4.98 Å². The summed E-state index contributed by atoms with van der Waals surface area (Å²) >= 11 is 0. The SMILES string of the molecule is Cn1c(N)nccc1=N. The van der Waals surface area contributed by atoms with Crippen LogP contribution in [0.15, 0.2) is 12.3 Å². The Hall–Kier alpha value is -1.32. The summed E-state index contributed by atoms with van der Waals surface area (Å²) in [7, 11) is 1.70. The second-order valence-corrected chi connectivity index (χ2v) is 1.75. The number of hydrogen-bond donors (Lipinski definition) is 2. The zero-order valence-electron chi connectivity index (χ0n) is 5.13. The molecule has 0 amide bonds. The molecule has 0 radical (unpaired) electrons. The molecule has 0 saturated heterocycles. The van der Waals surface area contributed by atoms with Gasteiger partial charge in [-0.05, 0) is 6.07 Å². The fourth-order valence-corrected chi connectivity index (χ4v) is 0.506. The van der Waals surface area contributed by atoms with Crippen molar-refractivity contribution < 1.29 is 0 Å². The maximum Gasteiger partial charge on any atom is 0.201 e. The third-order valence-electron chi connectivity index (χ3n) is 1.14. The zero-order chi connectivity index (χ0) is 6.85. The van der Waals surface area contributed by atoms with Crippen molar-refractivity contribution in [3.63, 3.8) is 0 Å². The highest BCUT2D eigenvalue weighted by atomic mass is 15.1. The van der Waals surface area contributed by atoms with Crippen molar-refractivity contribution in [1.82, 2.24) is 9.55 Å². The summed E-state index contributed by atoms with van der Waals surface area (Å²) in [6, 6.07) is 1.58. The summed E-state index contributed by atoms with van der Waals surface area (Å²) in [4.78, 5) is 3.76. The fourth-order valence-electron chi connectivity index (χ4n) is 0.506. The summed E-state index contributed by atoms with van der Waals surface area (Å²) in [5.74, 6) is 0.363. The maximum absolute atomic E-state index is 7.20. The second kappa shape index (κ2) is 1.89. The van der Waals surface area contributed by atoms with Gasteiger partial charge in [0.05, 0.1) is 0 Å². The molecule has 0 fully saturated rings. The van der Waals surface area contributed by atoms with E-state index in [1.54, 1.807) is 13.1 Å². The van der Waals surface area contributed by atoms with Gasteiger partial charge in [0.25, 0.3) is 0 Å². The van der Waals surface area contributed by atoms with E-state index in [1.807, 2.05) is 0 Å². The smallest absolute Gasteiger partial charge is 0.201 e. The number of nitrogens with one attached hydrogen (secondary N) is 1. The molecule has 4 nitrogen and oxygen atoms in total. The average Bonchev–Trinajstić information content (AvgIpc) is 1.83. The molecule has 0 spiro atoms. The lowest BCUT2D eigenvalue weighted by molar-refractivity contribution is 0.803. The Kier molecular flexibility index (Phi) is 1.22. The van der Waals surface area contributed by atoms with E-state index in [9.17, 15) is 0 Å². The van der Waals surface area contributed by atoms with E-state index < -0.39 is 0 Å². The van der Waals surface area contributed by atoms with Crippen LogP contribution >= 0.6 is 0 Å². The molecule has 0 unspecified atom stereocenters. The number of aromatic nitrogens is 2. The minimum Gasteiger partial charge on any atom is -0.369 e. The van der Waals surface area contributed by atoms with Gasteiger partial charge in [0.15, 0.2) is 0 Å². The third-order valence-corrected chi connectivity index (χ3v) is 1.14. The van der Waals surface area contributed by atoms with Crippen molar-refractivity contribution in [2.24, 2.45) is 7.05 Å². The van der Waals surface area contributed by atoms with Crippen LogP contribution in [-0.4, -0.2) is 9.55 Å².